The van der Waals surface area contributed by atoms with E-state index in [1.54, 1.807) is 0 Å². The predicted octanol–water partition coefficient (Wildman–Crippen LogP) is 2.96. The summed E-state index contributed by atoms with van der Waals surface area (Å²) in [4.78, 5) is 4.08. The zero-order chi connectivity index (χ0) is 10.4. The normalized spacial score (nSPS) is 11.0. The van der Waals surface area contributed by atoms with Gasteiger partial charge in [0.15, 0.2) is 0 Å². The van der Waals surface area contributed by atoms with Crippen molar-refractivity contribution in [3.05, 3.63) is 29.3 Å². The highest BCUT2D eigenvalue weighted by Gasteiger charge is 1.97. The van der Waals surface area contributed by atoms with Gasteiger partial charge in [-0.25, -0.2) is 4.99 Å². The number of unbranched alkanes of at least 4 members (excludes halogenated alkanes) is 1. The summed E-state index contributed by atoms with van der Waals surface area (Å²) < 4.78 is 0. The molecule has 0 bridgehead atoms. The van der Waals surface area contributed by atoms with Crippen molar-refractivity contribution >= 4 is 12.0 Å². The second-order valence-electron chi connectivity index (χ2n) is 3.50. The van der Waals surface area contributed by atoms with Gasteiger partial charge >= 0.3 is 0 Å². The fraction of sp³-hybridized carbons (Fsp3) is 0.417. The molecule has 0 fully saturated rings. The lowest BCUT2D eigenvalue weighted by Crippen LogP contribution is -1.89. The number of nitrogens with two attached hydrogens (primary N) is 1. The molecule has 0 aliphatic rings. The fourth-order valence-electron chi connectivity index (χ4n) is 1.48. The van der Waals surface area contributed by atoms with Crippen LogP contribution >= 0.6 is 0 Å². The summed E-state index contributed by atoms with van der Waals surface area (Å²) in [5.74, 6) is 0. The Morgan fingerprint density at radius 1 is 1.43 bits per heavy atom. The van der Waals surface area contributed by atoms with Gasteiger partial charge in [-0.1, -0.05) is 25.5 Å². The van der Waals surface area contributed by atoms with Gasteiger partial charge in [0.25, 0.3) is 0 Å². The predicted molar refractivity (Wildman–Crippen MR) is 62.1 cm³/mol. The second-order valence-corrected chi connectivity index (χ2v) is 3.50. The third kappa shape index (κ3) is 2.87. The van der Waals surface area contributed by atoms with E-state index in [-0.39, 0.29) is 0 Å². The first-order valence-corrected chi connectivity index (χ1v) is 5.11. The molecular formula is C12H18N2. The average Bonchev–Trinajstić information content (AvgIpc) is 2.19. The molecule has 0 spiro atoms. The zero-order valence-electron chi connectivity index (χ0n) is 8.96. The molecule has 2 N–H and O–H groups in total. The molecule has 0 atom stereocenters. The summed E-state index contributed by atoms with van der Waals surface area (Å²) in [5.41, 5.74) is 8.81. The Morgan fingerprint density at radius 2 is 2.21 bits per heavy atom. The van der Waals surface area contributed by atoms with Crippen LogP contribution in [0.15, 0.2) is 23.2 Å². The first-order chi connectivity index (χ1) is 6.77. The van der Waals surface area contributed by atoms with Gasteiger partial charge in [-0.15, -0.1) is 0 Å². The van der Waals surface area contributed by atoms with Gasteiger partial charge in [-0.2, -0.15) is 0 Å². The second kappa shape index (κ2) is 5.43. The molecule has 0 aromatic heterocycles. The molecule has 0 saturated carbocycles. The minimum absolute atomic E-state index is 0.966. The molecule has 0 amide bonds. The van der Waals surface area contributed by atoms with Crippen molar-refractivity contribution in [1.29, 1.82) is 0 Å². The van der Waals surface area contributed by atoms with Crippen molar-refractivity contribution in [2.75, 3.05) is 0 Å². The molecule has 0 aliphatic heterocycles. The minimum Gasteiger partial charge on any atom is -0.390 e. The number of nitrogens with zero attached hydrogens (tertiary/aromatic N) is 1. The summed E-state index contributed by atoms with van der Waals surface area (Å²) in [7, 11) is 0. The van der Waals surface area contributed by atoms with Crippen LogP contribution < -0.4 is 5.73 Å². The van der Waals surface area contributed by atoms with Crippen molar-refractivity contribution in [2.45, 2.75) is 33.1 Å². The van der Waals surface area contributed by atoms with Crippen LogP contribution in [0.3, 0.4) is 0 Å². The molecule has 1 aromatic rings. The average molecular weight is 190 g/mol. The van der Waals surface area contributed by atoms with Crippen molar-refractivity contribution < 1.29 is 0 Å². The Hall–Kier alpha value is -1.31. The van der Waals surface area contributed by atoms with E-state index in [1.165, 1.54) is 30.3 Å². The van der Waals surface area contributed by atoms with Crippen LogP contribution in [0.1, 0.15) is 30.9 Å². The van der Waals surface area contributed by atoms with Crippen molar-refractivity contribution in [2.24, 2.45) is 10.7 Å². The zero-order valence-corrected chi connectivity index (χ0v) is 8.96. The van der Waals surface area contributed by atoms with E-state index in [0.29, 0.717) is 0 Å². The van der Waals surface area contributed by atoms with Crippen LogP contribution in [-0.2, 0) is 6.42 Å². The van der Waals surface area contributed by atoms with Gasteiger partial charge in [0.05, 0.1) is 12.0 Å². The molecule has 2 nitrogen and oxygen atoms in total. The van der Waals surface area contributed by atoms with Crippen molar-refractivity contribution in [3.63, 3.8) is 0 Å². The molecular weight excluding hydrogens is 172 g/mol. The first-order valence-electron chi connectivity index (χ1n) is 5.11. The molecule has 76 valence electrons. The quantitative estimate of drug-likeness (QED) is 0.575. The molecule has 0 saturated heterocycles. The van der Waals surface area contributed by atoms with Crippen LogP contribution in [0.25, 0.3) is 0 Å². The molecule has 0 aliphatic carbocycles. The van der Waals surface area contributed by atoms with E-state index in [4.69, 9.17) is 5.73 Å². The molecule has 0 unspecified atom stereocenters. The lowest BCUT2D eigenvalue weighted by molar-refractivity contribution is 0.794. The maximum absolute atomic E-state index is 5.26. The van der Waals surface area contributed by atoms with Gasteiger partial charge in [0, 0.05) is 0 Å². The summed E-state index contributed by atoms with van der Waals surface area (Å²) in [6, 6.07) is 6.35. The third-order valence-corrected chi connectivity index (χ3v) is 2.29. The molecule has 2 heteroatoms. The number of hydrogen-bond donors (Lipinski definition) is 1. The lowest BCUT2D eigenvalue weighted by atomic mass is 10.0. The number of rotatable bonds is 4. The largest absolute Gasteiger partial charge is 0.390 e. The van der Waals surface area contributed by atoms with Crippen LogP contribution in [0.2, 0.25) is 0 Å². The van der Waals surface area contributed by atoms with Crippen molar-refractivity contribution in [3.8, 4) is 0 Å². The van der Waals surface area contributed by atoms with E-state index >= 15 is 0 Å². The highest BCUT2D eigenvalue weighted by atomic mass is 14.8. The summed E-state index contributed by atoms with van der Waals surface area (Å²) in [6.07, 6.45) is 4.98. The number of aryl methyl sites for hydroxylation is 2. The van der Waals surface area contributed by atoms with E-state index in [2.05, 4.69) is 31.0 Å². The number of hydrogen-bond acceptors (Lipinski definition) is 1. The molecule has 0 heterocycles. The van der Waals surface area contributed by atoms with Gasteiger partial charge in [0.1, 0.15) is 0 Å². The van der Waals surface area contributed by atoms with Gasteiger partial charge < -0.3 is 5.73 Å². The van der Waals surface area contributed by atoms with E-state index in [0.717, 1.165) is 12.1 Å². The summed E-state index contributed by atoms with van der Waals surface area (Å²) >= 11 is 0. The molecule has 0 radical (unpaired) electrons. The van der Waals surface area contributed by atoms with E-state index in [1.807, 2.05) is 6.07 Å². The van der Waals surface area contributed by atoms with E-state index in [9.17, 15) is 0 Å². The molecule has 1 rings (SSSR count). The Kier molecular flexibility index (Phi) is 4.17. The maximum Gasteiger partial charge on any atom is 0.0860 e. The maximum atomic E-state index is 5.26. The smallest absolute Gasteiger partial charge is 0.0860 e. The Labute approximate surface area is 85.9 Å². The third-order valence-electron chi connectivity index (χ3n) is 2.29. The van der Waals surface area contributed by atoms with Gasteiger partial charge in [-0.3, -0.25) is 0 Å². The van der Waals surface area contributed by atoms with Crippen LogP contribution in [0, 0.1) is 6.92 Å². The Bertz CT molecular complexity index is 316. The monoisotopic (exact) mass is 190 g/mol. The minimum atomic E-state index is 0.966. The van der Waals surface area contributed by atoms with Gasteiger partial charge in [-0.05, 0) is 37.0 Å². The van der Waals surface area contributed by atoms with Crippen LogP contribution in [0.4, 0.5) is 5.69 Å². The SMILES string of the molecule is CCCCc1ccc(N=CN)c(C)c1. The fourth-order valence-corrected chi connectivity index (χ4v) is 1.48. The Balaban J connectivity index is 2.78. The topological polar surface area (TPSA) is 38.4 Å². The number of benzene rings is 1. The molecule has 14 heavy (non-hydrogen) atoms. The highest BCUT2D eigenvalue weighted by Crippen LogP contribution is 2.20. The highest BCUT2D eigenvalue weighted by molar-refractivity contribution is 5.61. The summed E-state index contributed by atoms with van der Waals surface area (Å²) in [5, 5.41) is 0. The summed E-state index contributed by atoms with van der Waals surface area (Å²) in [6.45, 7) is 4.28. The Morgan fingerprint density at radius 3 is 2.79 bits per heavy atom. The standard InChI is InChI=1S/C12H18N2/c1-3-4-5-11-6-7-12(14-9-13)10(2)8-11/h6-9H,3-5H2,1-2H3,(H2,13,14). The molecule has 1 aromatic carbocycles. The van der Waals surface area contributed by atoms with E-state index < -0.39 is 0 Å². The van der Waals surface area contributed by atoms with Crippen LogP contribution in [0.5, 0.6) is 0 Å². The van der Waals surface area contributed by atoms with Crippen molar-refractivity contribution in [1.82, 2.24) is 0 Å². The van der Waals surface area contributed by atoms with Crippen LogP contribution in [-0.4, -0.2) is 6.34 Å². The first kappa shape index (κ1) is 10.8. The van der Waals surface area contributed by atoms with Gasteiger partial charge in [0.2, 0.25) is 0 Å². The lowest BCUT2D eigenvalue weighted by Gasteiger charge is -2.04. The number of aliphatic imine (C=N–C) groups is 1.